The minimum Gasteiger partial charge on any atom is -0.497 e. The summed E-state index contributed by atoms with van der Waals surface area (Å²) in [6.07, 6.45) is 0. The molecule has 0 spiro atoms. The molecule has 0 bridgehead atoms. The molecule has 0 radical (unpaired) electrons. The predicted octanol–water partition coefficient (Wildman–Crippen LogP) is 1.69. The first-order chi connectivity index (χ1) is 9.47. The van der Waals surface area contributed by atoms with E-state index in [1.807, 2.05) is 13.0 Å². The number of hydrogen-bond acceptors (Lipinski definition) is 4. The summed E-state index contributed by atoms with van der Waals surface area (Å²) in [6, 6.07) is 5.48. The van der Waals surface area contributed by atoms with Gasteiger partial charge in [-0.15, -0.1) is 0 Å². The van der Waals surface area contributed by atoms with Crippen molar-refractivity contribution in [3.63, 3.8) is 0 Å². The van der Waals surface area contributed by atoms with Crippen LogP contribution in [0.25, 0.3) is 0 Å². The van der Waals surface area contributed by atoms with Crippen molar-refractivity contribution in [2.75, 3.05) is 13.7 Å². The number of amides is 1. The number of carbonyl (C=O) groups is 1. The molecule has 1 atom stereocenters. The van der Waals surface area contributed by atoms with Gasteiger partial charge >= 0.3 is 0 Å². The molecule has 1 aromatic rings. The molecule has 0 heterocycles. The first kappa shape index (κ1) is 16.3. The molecule has 0 fully saturated rings. The summed E-state index contributed by atoms with van der Waals surface area (Å²) in [5, 5.41) is 2.89. The van der Waals surface area contributed by atoms with E-state index in [9.17, 15) is 4.79 Å². The van der Waals surface area contributed by atoms with Gasteiger partial charge in [-0.3, -0.25) is 4.79 Å². The molecule has 0 saturated carbocycles. The average molecular weight is 280 g/mol. The van der Waals surface area contributed by atoms with E-state index in [0.29, 0.717) is 18.2 Å². The summed E-state index contributed by atoms with van der Waals surface area (Å²) >= 11 is 0. The Bertz CT molecular complexity index is 447. The summed E-state index contributed by atoms with van der Waals surface area (Å²) in [5.74, 6) is 1.58. The average Bonchev–Trinajstić information content (AvgIpc) is 2.44. The molecule has 0 aliphatic rings. The Hall–Kier alpha value is -1.75. The van der Waals surface area contributed by atoms with Gasteiger partial charge in [0.05, 0.1) is 7.11 Å². The Balaban J connectivity index is 2.59. The minimum atomic E-state index is -0.134. The molecular formula is C15H24N2O3. The van der Waals surface area contributed by atoms with Crippen molar-refractivity contribution in [3.05, 3.63) is 23.8 Å². The Morgan fingerprint density at radius 3 is 2.60 bits per heavy atom. The van der Waals surface area contributed by atoms with Crippen LogP contribution in [0.3, 0.4) is 0 Å². The van der Waals surface area contributed by atoms with Gasteiger partial charge in [-0.2, -0.15) is 0 Å². The van der Waals surface area contributed by atoms with E-state index in [-0.39, 0.29) is 18.6 Å². The lowest BCUT2D eigenvalue weighted by atomic mass is 10.1. The van der Waals surface area contributed by atoms with Crippen LogP contribution in [0, 0.1) is 5.92 Å². The first-order valence-corrected chi connectivity index (χ1v) is 6.77. The van der Waals surface area contributed by atoms with Crippen molar-refractivity contribution < 1.29 is 14.3 Å². The number of ether oxygens (including phenoxy) is 2. The van der Waals surface area contributed by atoms with Crippen LogP contribution in [-0.2, 0) is 11.3 Å². The third-order valence-corrected chi connectivity index (χ3v) is 3.23. The van der Waals surface area contributed by atoms with Crippen LogP contribution in [0.5, 0.6) is 11.5 Å². The van der Waals surface area contributed by atoms with Gasteiger partial charge in [-0.25, -0.2) is 0 Å². The maximum Gasteiger partial charge on any atom is 0.258 e. The lowest BCUT2D eigenvalue weighted by Gasteiger charge is -2.18. The fourth-order valence-corrected chi connectivity index (χ4v) is 1.59. The summed E-state index contributed by atoms with van der Waals surface area (Å²) < 4.78 is 10.6. The van der Waals surface area contributed by atoms with Crippen LogP contribution in [-0.4, -0.2) is 25.7 Å². The predicted molar refractivity (Wildman–Crippen MR) is 78.8 cm³/mol. The molecule has 1 unspecified atom stereocenters. The molecular weight excluding hydrogens is 256 g/mol. The highest BCUT2D eigenvalue weighted by molar-refractivity contribution is 5.77. The maximum atomic E-state index is 11.8. The molecule has 0 aliphatic heterocycles. The molecule has 1 aromatic carbocycles. The molecule has 1 rings (SSSR count). The van der Waals surface area contributed by atoms with Gasteiger partial charge in [0.25, 0.3) is 5.91 Å². The normalized spacial score (nSPS) is 12.1. The fourth-order valence-electron chi connectivity index (χ4n) is 1.59. The van der Waals surface area contributed by atoms with E-state index in [4.69, 9.17) is 15.2 Å². The molecule has 0 saturated heterocycles. The molecule has 5 nitrogen and oxygen atoms in total. The summed E-state index contributed by atoms with van der Waals surface area (Å²) in [7, 11) is 1.59. The van der Waals surface area contributed by atoms with Crippen LogP contribution in [0.15, 0.2) is 18.2 Å². The quantitative estimate of drug-likeness (QED) is 0.797. The van der Waals surface area contributed by atoms with Crippen molar-refractivity contribution in [1.82, 2.24) is 5.32 Å². The second-order valence-electron chi connectivity index (χ2n) is 5.07. The van der Waals surface area contributed by atoms with Crippen molar-refractivity contribution in [1.29, 1.82) is 0 Å². The van der Waals surface area contributed by atoms with Gasteiger partial charge in [-0.1, -0.05) is 13.8 Å². The third kappa shape index (κ3) is 4.74. The number of carbonyl (C=O) groups excluding carboxylic acids is 1. The van der Waals surface area contributed by atoms with Gasteiger partial charge in [0.1, 0.15) is 11.5 Å². The maximum absolute atomic E-state index is 11.8. The van der Waals surface area contributed by atoms with E-state index in [2.05, 4.69) is 19.2 Å². The van der Waals surface area contributed by atoms with E-state index in [0.717, 1.165) is 11.3 Å². The van der Waals surface area contributed by atoms with Gasteiger partial charge < -0.3 is 20.5 Å². The largest absolute Gasteiger partial charge is 0.497 e. The van der Waals surface area contributed by atoms with Crippen molar-refractivity contribution in [2.24, 2.45) is 11.7 Å². The Kier molecular flexibility index (Phi) is 6.31. The van der Waals surface area contributed by atoms with Gasteiger partial charge in [0.15, 0.2) is 6.61 Å². The zero-order valence-electron chi connectivity index (χ0n) is 12.6. The molecule has 0 aliphatic carbocycles. The second kappa shape index (κ2) is 7.75. The number of hydrogen-bond donors (Lipinski definition) is 2. The standard InChI is InChI=1S/C15H24N2O3/c1-10(2)11(3)17-15(18)9-20-14-6-5-13(19-4)7-12(14)8-16/h5-7,10-11H,8-9,16H2,1-4H3,(H,17,18). The summed E-state index contributed by atoms with van der Waals surface area (Å²) in [4.78, 5) is 11.8. The van der Waals surface area contributed by atoms with E-state index >= 15 is 0 Å². The monoisotopic (exact) mass is 280 g/mol. The summed E-state index contributed by atoms with van der Waals surface area (Å²) in [5.41, 5.74) is 6.48. The van der Waals surface area contributed by atoms with Crippen LogP contribution >= 0.6 is 0 Å². The fraction of sp³-hybridized carbons (Fsp3) is 0.533. The Morgan fingerprint density at radius 1 is 1.35 bits per heavy atom. The lowest BCUT2D eigenvalue weighted by Crippen LogP contribution is -2.39. The molecule has 0 aromatic heterocycles. The number of rotatable bonds is 7. The van der Waals surface area contributed by atoms with Crippen LogP contribution in [0.2, 0.25) is 0 Å². The van der Waals surface area contributed by atoms with Crippen LogP contribution < -0.4 is 20.5 Å². The SMILES string of the molecule is COc1ccc(OCC(=O)NC(C)C(C)C)c(CN)c1. The Labute approximate surface area is 120 Å². The van der Waals surface area contributed by atoms with E-state index < -0.39 is 0 Å². The minimum absolute atomic E-state index is 0.0175. The molecule has 112 valence electrons. The smallest absolute Gasteiger partial charge is 0.258 e. The second-order valence-corrected chi connectivity index (χ2v) is 5.07. The topological polar surface area (TPSA) is 73.6 Å². The molecule has 1 amide bonds. The van der Waals surface area contributed by atoms with Crippen molar-refractivity contribution >= 4 is 5.91 Å². The van der Waals surface area contributed by atoms with Crippen LogP contribution in [0.1, 0.15) is 26.3 Å². The summed E-state index contributed by atoms with van der Waals surface area (Å²) in [6.45, 7) is 6.40. The van der Waals surface area contributed by atoms with Gasteiger partial charge in [-0.05, 0) is 31.0 Å². The van der Waals surface area contributed by atoms with Gasteiger partial charge in [0.2, 0.25) is 0 Å². The lowest BCUT2D eigenvalue weighted by molar-refractivity contribution is -0.124. The highest BCUT2D eigenvalue weighted by Crippen LogP contribution is 2.23. The molecule has 5 heteroatoms. The highest BCUT2D eigenvalue weighted by Gasteiger charge is 2.12. The van der Waals surface area contributed by atoms with Gasteiger partial charge in [0, 0.05) is 18.2 Å². The van der Waals surface area contributed by atoms with Crippen molar-refractivity contribution in [3.8, 4) is 11.5 Å². The number of benzene rings is 1. The third-order valence-electron chi connectivity index (χ3n) is 3.23. The Morgan fingerprint density at radius 2 is 2.05 bits per heavy atom. The van der Waals surface area contributed by atoms with Crippen molar-refractivity contribution in [2.45, 2.75) is 33.4 Å². The highest BCUT2D eigenvalue weighted by atomic mass is 16.5. The van der Waals surface area contributed by atoms with Crippen LogP contribution in [0.4, 0.5) is 0 Å². The zero-order valence-corrected chi connectivity index (χ0v) is 12.6. The van der Waals surface area contributed by atoms with E-state index in [1.165, 1.54) is 0 Å². The molecule has 20 heavy (non-hydrogen) atoms. The molecule has 3 N–H and O–H groups in total. The zero-order chi connectivity index (χ0) is 15.1. The number of nitrogens with two attached hydrogens (primary N) is 1. The number of methoxy groups -OCH3 is 1. The number of nitrogens with one attached hydrogen (secondary N) is 1. The van der Waals surface area contributed by atoms with E-state index in [1.54, 1.807) is 19.2 Å². The first-order valence-electron chi connectivity index (χ1n) is 6.77.